The Morgan fingerprint density at radius 1 is 1.10 bits per heavy atom. The van der Waals surface area contributed by atoms with Crippen LogP contribution in [-0.4, -0.2) is 23.4 Å². The molecule has 0 unspecified atom stereocenters. The van der Waals surface area contributed by atoms with Gasteiger partial charge in [0.2, 0.25) is 0 Å². The lowest BCUT2D eigenvalue weighted by Gasteiger charge is -2.07. The molecule has 0 bridgehead atoms. The van der Waals surface area contributed by atoms with E-state index in [0.717, 1.165) is 16.6 Å². The van der Waals surface area contributed by atoms with Crippen LogP contribution in [0.3, 0.4) is 0 Å². The Labute approximate surface area is 130 Å². The van der Waals surface area contributed by atoms with Crippen LogP contribution >= 0.6 is 23.5 Å². The lowest BCUT2D eigenvalue weighted by Crippen LogP contribution is -2.10. The predicted octanol–water partition coefficient (Wildman–Crippen LogP) is 3.18. The molecular weight excluding hydrogens is 328 g/mol. The molecule has 108 valence electrons. The maximum Gasteiger partial charge on any atom is 0.341 e. The van der Waals surface area contributed by atoms with Crippen molar-refractivity contribution in [3.05, 3.63) is 42.5 Å². The van der Waals surface area contributed by atoms with Crippen LogP contribution in [0.5, 0.6) is 5.75 Å². The highest BCUT2D eigenvalue weighted by Gasteiger charge is 2.21. The predicted molar refractivity (Wildman–Crippen MR) is 83.5 cm³/mol. The SMILES string of the molecule is CSc1ccc(OS(=O)(=O)c2cccc3nsnc23)cc1. The minimum absolute atomic E-state index is 0.0303. The fourth-order valence-electron chi connectivity index (χ4n) is 1.79. The average Bonchev–Trinajstić information content (AvgIpc) is 2.95. The van der Waals surface area contributed by atoms with Crippen LogP contribution in [0.15, 0.2) is 52.3 Å². The fraction of sp³-hybridized carbons (Fsp3) is 0.0769. The zero-order valence-corrected chi connectivity index (χ0v) is 13.3. The van der Waals surface area contributed by atoms with Crippen LogP contribution in [0.25, 0.3) is 11.0 Å². The molecule has 0 saturated heterocycles. The summed E-state index contributed by atoms with van der Waals surface area (Å²) in [4.78, 5) is 1.06. The van der Waals surface area contributed by atoms with Gasteiger partial charge in [0.05, 0.1) is 11.7 Å². The van der Waals surface area contributed by atoms with E-state index in [0.29, 0.717) is 11.0 Å². The molecule has 0 radical (unpaired) electrons. The summed E-state index contributed by atoms with van der Waals surface area (Å²) >= 11 is 2.54. The van der Waals surface area contributed by atoms with E-state index in [1.807, 2.05) is 6.26 Å². The molecule has 0 atom stereocenters. The quantitative estimate of drug-likeness (QED) is 0.537. The third kappa shape index (κ3) is 2.87. The van der Waals surface area contributed by atoms with Crippen molar-refractivity contribution in [3.63, 3.8) is 0 Å². The molecule has 0 fully saturated rings. The number of thioether (sulfide) groups is 1. The summed E-state index contributed by atoms with van der Waals surface area (Å²) < 4.78 is 38.0. The summed E-state index contributed by atoms with van der Waals surface area (Å²) in [6.45, 7) is 0. The molecule has 0 amide bonds. The number of nitrogens with zero attached hydrogens (tertiary/aromatic N) is 2. The van der Waals surface area contributed by atoms with E-state index in [9.17, 15) is 8.42 Å². The molecule has 0 saturated carbocycles. The maximum atomic E-state index is 12.4. The van der Waals surface area contributed by atoms with Gasteiger partial charge in [-0.2, -0.15) is 17.2 Å². The van der Waals surface area contributed by atoms with Crippen molar-refractivity contribution in [2.75, 3.05) is 6.26 Å². The Kier molecular flexibility index (Phi) is 3.83. The number of benzene rings is 2. The average molecular weight is 338 g/mol. The molecule has 0 aliphatic carbocycles. The first-order valence-electron chi connectivity index (χ1n) is 5.90. The van der Waals surface area contributed by atoms with Crippen molar-refractivity contribution in [2.45, 2.75) is 9.79 Å². The Hall–Kier alpha value is -1.64. The first kappa shape index (κ1) is 14.3. The number of fused-ring (bicyclic) bond motifs is 1. The molecule has 0 aliphatic heterocycles. The van der Waals surface area contributed by atoms with Crippen LogP contribution in [0.1, 0.15) is 0 Å². The van der Waals surface area contributed by atoms with E-state index < -0.39 is 10.1 Å². The third-order valence-electron chi connectivity index (χ3n) is 2.78. The van der Waals surface area contributed by atoms with Crippen molar-refractivity contribution in [1.82, 2.24) is 8.75 Å². The molecule has 1 aromatic heterocycles. The number of hydrogen-bond donors (Lipinski definition) is 0. The topological polar surface area (TPSA) is 69.2 Å². The number of rotatable bonds is 4. The van der Waals surface area contributed by atoms with E-state index >= 15 is 0 Å². The molecule has 0 aliphatic rings. The van der Waals surface area contributed by atoms with Crippen molar-refractivity contribution < 1.29 is 12.6 Å². The smallest absolute Gasteiger partial charge is 0.341 e. The van der Waals surface area contributed by atoms with Crippen molar-refractivity contribution >= 4 is 44.6 Å². The zero-order valence-electron chi connectivity index (χ0n) is 10.9. The lowest BCUT2D eigenvalue weighted by molar-refractivity contribution is 0.486. The Morgan fingerprint density at radius 2 is 1.86 bits per heavy atom. The van der Waals surface area contributed by atoms with Gasteiger partial charge in [-0.1, -0.05) is 6.07 Å². The van der Waals surface area contributed by atoms with Crippen LogP contribution in [-0.2, 0) is 10.1 Å². The normalized spacial score (nSPS) is 11.7. The summed E-state index contributed by atoms with van der Waals surface area (Å²) in [6.07, 6.45) is 1.95. The maximum absolute atomic E-state index is 12.4. The zero-order chi connectivity index (χ0) is 14.9. The summed E-state index contributed by atoms with van der Waals surface area (Å²) in [6, 6.07) is 11.7. The van der Waals surface area contributed by atoms with Crippen LogP contribution in [0.4, 0.5) is 0 Å². The highest BCUT2D eigenvalue weighted by Crippen LogP contribution is 2.26. The fourth-order valence-corrected chi connectivity index (χ4v) is 3.89. The standard InChI is InChI=1S/C13H10N2O3S3/c1-19-10-7-5-9(6-8-10)18-21(16,17)12-4-2-3-11-13(12)15-20-14-11/h2-8H,1H3. The molecule has 21 heavy (non-hydrogen) atoms. The minimum atomic E-state index is -3.93. The first-order valence-corrected chi connectivity index (χ1v) is 9.26. The Balaban J connectivity index is 1.98. The summed E-state index contributed by atoms with van der Waals surface area (Å²) in [5, 5.41) is 0. The van der Waals surface area contributed by atoms with Crippen LogP contribution in [0.2, 0.25) is 0 Å². The van der Waals surface area contributed by atoms with Gasteiger partial charge in [0.25, 0.3) is 0 Å². The van der Waals surface area contributed by atoms with Gasteiger partial charge in [0, 0.05) is 4.90 Å². The first-order chi connectivity index (χ1) is 10.1. The molecule has 8 heteroatoms. The van der Waals surface area contributed by atoms with E-state index in [-0.39, 0.29) is 10.6 Å². The molecule has 5 nitrogen and oxygen atoms in total. The molecule has 1 heterocycles. The molecule has 0 N–H and O–H groups in total. The van der Waals surface area contributed by atoms with E-state index in [1.54, 1.807) is 48.2 Å². The van der Waals surface area contributed by atoms with Gasteiger partial charge in [-0.3, -0.25) is 0 Å². The van der Waals surface area contributed by atoms with Crippen molar-refractivity contribution in [3.8, 4) is 5.75 Å². The van der Waals surface area contributed by atoms with Gasteiger partial charge in [-0.05, 0) is 42.7 Å². The molecule has 3 rings (SSSR count). The van der Waals surface area contributed by atoms with Crippen molar-refractivity contribution in [2.24, 2.45) is 0 Å². The Bertz CT molecular complexity index is 873. The minimum Gasteiger partial charge on any atom is -0.379 e. The molecule has 2 aromatic carbocycles. The van der Waals surface area contributed by atoms with E-state index in [1.165, 1.54) is 6.07 Å². The van der Waals surface area contributed by atoms with Gasteiger partial charge in [-0.25, -0.2) is 0 Å². The molecule has 3 aromatic rings. The van der Waals surface area contributed by atoms with Gasteiger partial charge in [0.15, 0.2) is 0 Å². The van der Waals surface area contributed by atoms with E-state index in [2.05, 4.69) is 8.75 Å². The van der Waals surface area contributed by atoms with E-state index in [4.69, 9.17) is 4.18 Å². The monoisotopic (exact) mass is 338 g/mol. The van der Waals surface area contributed by atoms with Crippen LogP contribution in [0, 0.1) is 0 Å². The highest BCUT2D eigenvalue weighted by atomic mass is 32.2. The van der Waals surface area contributed by atoms with Crippen molar-refractivity contribution in [1.29, 1.82) is 0 Å². The second-order valence-electron chi connectivity index (χ2n) is 4.10. The molecular formula is C13H10N2O3S3. The summed E-state index contributed by atoms with van der Waals surface area (Å²) in [5.74, 6) is 0.271. The number of hydrogen-bond acceptors (Lipinski definition) is 7. The second-order valence-corrected chi connectivity index (χ2v) is 7.02. The largest absolute Gasteiger partial charge is 0.379 e. The number of aromatic nitrogens is 2. The van der Waals surface area contributed by atoms with Gasteiger partial charge < -0.3 is 4.18 Å². The summed E-state index contributed by atoms with van der Waals surface area (Å²) in [7, 11) is -3.93. The second kappa shape index (κ2) is 5.63. The summed E-state index contributed by atoms with van der Waals surface area (Å²) in [5.41, 5.74) is 0.880. The lowest BCUT2D eigenvalue weighted by atomic mass is 10.3. The molecule has 0 spiro atoms. The van der Waals surface area contributed by atoms with Gasteiger partial charge >= 0.3 is 10.1 Å². The van der Waals surface area contributed by atoms with Gasteiger partial charge in [0.1, 0.15) is 21.7 Å². The van der Waals surface area contributed by atoms with Crippen LogP contribution < -0.4 is 4.18 Å². The highest BCUT2D eigenvalue weighted by molar-refractivity contribution is 7.98. The Morgan fingerprint density at radius 3 is 2.57 bits per heavy atom. The van der Waals surface area contributed by atoms with Gasteiger partial charge in [-0.15, -0.1) is 11.8 Å². The third-order valence-corrected chi connectivity index (χ3v) is 5.35.